The number of pyridine rings is 1. The van der Waals surface area contributed by atoms with Crippen molar-refractivity contribution in [1.29, 1.82) is 0 Å². The average molecular weight is 243 g/mol. The number of anilines is 1. The summed E-state index contributed by atoms with van der Waals surface area (Å²) < 4.78 is 0. The number of primary amides is 1. The van der Waals surface area contributed by atoms with Gasteiger partial charge in [0.1, 0.15) is 5.82 Å². The molecule has 1 amide bonds. The van der Waals surface area contributed by atoms with Crippen molar-refractivity contribution < 1.29 is 4.79 Å². The van der Waals surface area contributed by atoms with Crippen molar-refractivity contribution in [2.75, 3.05) is 5.32 Å². The quantitative estimate of drug-likeness (QED) is 0.839. The first-order valence-corrected chi connectivity index (χ1v) is 5.48. The lowest BCUT2D eigenvalue weighted by Gasteiger charge is -2.13. The number of carbonyl (C=O) groups is 1. The summed E-state index contributed by atoms with van der Waals surface area (Å²) in [5.41, 5.74) is 6.13. The summed E-state index contributed by atoms with van der Waals surface area (Å²) in [7, 11) is 0. The minimum atomic E-state index is -0.591. The number of aromatic nitrogens is 3. The molecule has 0 aromatic carbocycles. The summed E-state index contributed by atoms with van der Waals surface area (Å²) in [5.74, 6) is -0.0232. The summed E-state index contributed by atoms with van der Waals surface area (Å²) in [6.45, 7) is 1.96. The first kappa shape index (κ1) is 12.0. The van der Waals surface area contributed by atoms with Crippen molar-refractivity contribution in [3.63, 3.8) is 0 Å². The lowest BCUT2D eigenvalue weighted by Crippen LogP contribution is -2.15. The molecular formula is C12H13N5O. The van der Waals surface area contributed by atoms with E-state index in [-0.39, 0.29) is 11.7 Å². The van der Waals surface area contributed by atoms with Crippen LogP contribution in [-0.2, 0) is 0 Å². The van der Waals surface area contributed by atoms with Crippen LogP contribution in [0.4, 0.5) is 5.82 Å². The van der Waals surface area contributed by atoms with Gasteiger partial charge in [0.15, 0.2) is 5.69 Å². The van der Waals surface area contributed by atoms with E-state index in [9.17, 15) is 4.79 Å². The topological polar surface area (TPSA) is 93.8 Å². The minimum Gasteiger partial charge on any atom is -0.364 e. The first-order chi connectivity index (χ1) is 8.66. The van der Waals surface area contributed by atoms with Crippen molar-refractivity contribution in [2.24, 2.45) is 5.73 Å². The summed E-state index contributed by atoms with van der Waals surface area (Å²) >= 11 is 0. The molecule has 0 spiro atoms. The molecule has 3 N–H and O–H groups in total. The second-order valence-electron chi connectivity index (χ2n) is 3.79. The lowest BCUT2D eigenvalue weighted by atomic mass is 10.2. The van der Waals surface area contributed by atoms with Crippen molar-refractivity contribution in [2.45, 2.75) is 13.0 Å². The van der Waals surface area contributed by atoms with Gasteiger partial charge < -0.3 is 11.1 Å². The van der Waals surface area contributed by atoms with Crippen LogP contribution in [0.5, 0.6) is 0 Å². The Labute approximate surface area is 104 Å². The monoisotopic (exact) mass is 243 g/mol. The van der Waals surface area contributed by atoms with Gasteiger partial charge in [0.25, 0.3) is 5.91 Å². The number of nitrogens with one attached hydrogen (secondary N) is 1. The number of carbonyl (C=O) groups excluding carboxylic acids is 1. The van der Waals surface area contributed by atoms with Crippen LogP contribution in [-0.4, -0.2) is 21.1 Å². The van der Waals surface area contributed by atoms with E-state index in [1.165, 1.54) is 6.07 Å². The molecule has 92 valence electrons. The molecule has 0 bridgehead atoms. The van der Waals surface area contributed by atoms with Gasteiger partial charge in [0.2, 0.25) is 0 Å². The number of hydrogen-bond acceptors (Lipinski definition) is 5. The number of hydrogen-bond donors (Lipinski definition) is 2. The third-order valence-electron chi connectivity index (χ3n) is 2.41. The smallest absolute Gasteiger partial charge is 0.269 e. The molecule has 0 saturated heterocycles. The second kappa shape index (κ2) is 5.22. The van der Waals surface area contributed by atoms with Crippen LogP contribution in [0.25, 0.3) is 0 Å². The summed E-state index contributed by atoms with van der Waals surface area (Å²) in [6, 6.07) is 8.89. The fourth-order valence-electron chi connectivity index (χ4n) is 1.47. The van der Waals surface area contributed by atoms with E-state index < -0.39 is 5.91 Å². The Morgan fingerprint density at radius 1 is 1.28 bits per heavy atom. The number of rotatable bonds is 4. The summed E-state index contributed by atoms with van der Waals surface area (Å²) in [5, 5.41) is 10.7. The van der Waals surface area contributed by atoms with Crippen LogP contribution in [0, 0.1) is 0 Å². The number of amides is 1. The molecule has 2 aromatic heterocycles. The SMILES string of the molecule is CC(Nc1ccc(C(N)=O)nn1)c1ccccn1. The van der Waals surface area contributed by atoms with Gasteiger partial charge in [-0.15, -0.1) is 10.2 Å². The zero-order valence-electron chi connectivity index (χ0n) is 9.87. The molecule has 0 aliphatic carbocycles. The molecule has 6 nitrogen and oxygen atoms in total. The highest BCUT2D eigenvalue weighted by atomic mass is 16.1. The molecule has 1 atom stereocenters. The first-order valence-electron chi connectivity index (χ1n) is 5.48. The third kappa shape index (κ3) is 2.79. The van der Waals surface area contributed by atoms with Gasteiger partial charge in [-0.05, 0) is 31.2 Å². The van der Waals surface area contributed by atoms with E-state index in [2.05, 4.69) is 20.5 Å². The zero-order valence-corrected chi connectivity index (χ0v) is 9.87. The molecule has 1 unspecified atom stereocenters. The van der Waals surface area contributed by atoms with Gasteiger partial charge in [-0.25, -0.2) is 0 Å². The molecule has 2 rings (SSSR count). The van der Waals surface area contributed by atoms with Gasteiger partial charge in [-0.2, -0.15) is 0 Å². The zero-order chi connectivity index (χ0) is 13.0. The molecule has 0 aliphatic rings. The Hall–Kier alpha value is -2.50. The molecule has 6 heteroatoms. The highest BCUT2D eigenvalue weighted by molar-refractivity contribution is 5.90. The molecule has 18 heavy (non-hydrogen) atoms. The molecule has 0 radical (unpaired) electrons. The van der Waals surface area contributed by atoms with E-state index in [0.29, 0.717) is 5.82 Å². The largest absolute Gasteiger partial charge is 0.364 e. The Morgan fingerprint density at radius 3 is 2.67 bits per heavy atom. The fourth-order valence-corrected chi connectivity index (χ4v) is 1.47. The van der Waals surface area contributed by atoms with Crippen molar-refractivity contribution >= 4 is 11.7 Å². The maximum absolute atomic E-state index is 10.8. The van der Waals surface area contributed by atoms with Gasteiger partial charge in [0, 0.05) is 6.20 Å². The molecule has 2 heterocycles. The van der Waals surface area contributed by atoms with Crippen LogP contribution in [0.2, 0.25) is 0 Å². The second-order valence-corrected chi connectivity index (χ2v) is 3.79. The molecule has 0 fully saturated rings. The number of nitrogens with two attached hydrogens (primary N) is 1. The Bertz CT molecular complexity index is 526. The fraction of sp³-hybridized carbons (Fsp3) is 0.167. The van der Waals surface area contributed by atoms with Gasteiger partial charge in [-0.1, -0.05) is 6.07 Å². The van der Waals surface area contributed by atoms with Crippen molar-refractivity contribution in [1.82, 2.24) is 15.2 Å². The van der Waals surface area contributed by atoms with E-state index in [0.717, 1.165) is 5.69 Å². The Kier molecular flexibility index (Phi) is 3.47. The predicted octanol–water partition coefficient (Wildman–Crippen LogP) is 1.14. The summed E-state index contributed by atoms with van der Waals surface area (Å²) in [6.07, 6.45) is 1.73. The molecule has 2 aromatic rings. The molecule has 0 aliphatic heterocycles. The standard InChI is InChI=1S/C12H13N5O/c1-8(9-4-2-3-7-14-9)15-11-6-5-10(12(13)18)16-17-11/h2-8H,1H3,(H2,13,18)(H,15,17). The van der Waals surface area contributed by atoms with Gasteiger partial charge in [-0.3, -0.25) is 9.78 Å². The van der Waals surface area contributed by atoms with Crippen LogP contribution in [0.3, 0.4) is 0 Å². The highest BCUT2D eigenvalue weighted by Gasteiger charge is 2.08. The lowest BCUT2D eigenvalue weighted by molar-refractivity contribution is 0.0994. The number of nitrogens with zero attached hydrogens (tertiary/aromatic N) is 3. The van der Waals surface area contributed by atoms with E-state index >= 15 is 0 Å². The molecular weight excluding hydrogens is 230 g/mol. The minimum absolute atomic E-state index is 0.0000666. The average Bonchev–Trinajstić information content (AvgIpc) is 2.40. The molecule has 0 saturated carbocycles. The van der Waals surface area contributed by atoms with E-state index in [4.69, 9.17) is 5.73 Å². The third-order valence-corrected chi connectivity index (χ3v) is 2.41. The van der Waals surface area contributed by atoms with E-state index in [1.807, 2.05) is 25.1 Å². The van der Waals surface area contributed by atoms with Crippen LogP contribution in [0.15, 0.2) is 36.5 Å². The van der Waals surface area contributed by atoms with Crippen LogP contribution < -0.4 is 11.1 Å². The van der Waals surface area contributed by atoms with Crippen LogP contribution >= 0.6 is 0 Å². The summed E-state index contributed by atoms with van der Waals surface area (Å²) in [4.78, 5) is 15.1. The maximum atomic E-state index is 10.8. The van der Waals surface area contributed by atoms with Crippen molar-refractivity contribution in [3.05, 3.63) is 47.9 Å². The highest BCUT2D eigenvalue weighted by Crippen LogP contribution is 2.14. The van der Waals surface area contributed by atoms with Crippen LogP contribution in [0.1, 0.15) is 29.1 Å². The van der Waals surface area contributed by atoms with Gasteiger partial charge in [0.05, 0.1) is 11.7 Å². The predicted molar refractivity (Wildman–Crippen MR) is 66.8 cm³/mol. The Morgan fingerprint density at radius 2 is 2.11 bits per heavy atom. The van der Waals surface area contributed by atoms with Gasteiger partial charge >= 0.3 is 0 Å². The maximum Gasteiger partial charge on any atom is 0.269 e. The Balaban J connectivity index is 2.08. The normalized spacial score (nSPS) is 11.8. The van der Waals surface area contributed by atoms with E-state index in [1.54, 1.807) is 12.3 Å². The van der Waals surface area contributed by atoms with Crippen molar-refractivity contribution in [3.8, 4) is 0 Å².